The van der Waals surface area contributed by atoms with Gasteiger partial charge in [0.2, 0.25) is 0 Å². The zero-order chi connectivity index (χ0) is 15.8. The Hall–Kier alpha value is -2.83. The fourth-order valence-corrected chi connectivity index (χ4v) is 2.80. The molecule has 0 bridgehead atoms. The molecule has 0 amide bonds. The normalized spacial score (nSPS) is 16.5. The molecule has 0 radical (unpaired) electrons. The van der Waals surface area contributed by atoms with Crippen LogP contribution in [0.15, 0.2) is 36.8 Å². The topological polar surface area (TPSA) is 65.3 Å². The molecule has 3 heterocycles. The van der Waals surface area contributed by atoms with E-state index in [4.69, 9.17) is 9.47 Å². The third-order valence-corrected chi connectivity index (χ3v) is 3.92. The molecule has 0 saturated carbocycles. The number of hydrogen-bond donors (Lipinski definition) is 0. The lowest BCUT2D eigenvalue weighted by Crippen LogP contribution is -2.39. The number of fused-ring (bicyclic) bond motifs is 2. The summed E-state index contributed by atoms with van der Waals surface area (Å²) in [6, 6.07) is 7.72. The smallest absolute Gasteiger partial charge is 0.163 e. The first-order valence-electron chi connectivity index (χ1n) is 7.44. The van der Waals surface area contributed by atoms with Crippen molar-refractivity contribution in [3.05, 3.63) is 36.8 Å². The van der Waals surface area contributed by atoms with Gasteiger partial charge in [0.1, 0.15) is 18.8 Å². The van der Waals surface area contributed by atoms with Crippen molar-refractivity contribution in [3.8, 4) is 11.5 Å². The van der Waals surface area contributed by atoms with Crippen LogP contribution in [-0.2, 0) is 7.05 Å². The first kappa shape index (κ1) is 13.8. The second-order valence-corrected chi connectivity index (χ2v) is 5.58. The van der Waals surface area contributed by atoms with E-state index in [1.54, 1.807) is 17.2 Å². The van der Waals surface area contributed by atoms with Gasteiger partial charge >= 0.3 is 0 Å². The van der Waals surface area contributed by atoms with Crippen LogP contribution in [0.25, 0.3) is 11.0 Å². The molecule has 4 rings (SSSR count). The van der Waals surface area contributed by atoms with Gasteiger partial charge < -0.3 is 14.4 Å². The molecule has 0 N–H and O–H groups in total. The lowest BCUT2D eigenvalue weighted by molar-refractivity contribution is 0.0960. The van der Waals surface area contributed by atoms with Gasteiger partial charge in [-0.3, -0.25) is 4.68 Å². The van der Waals surface area contributed by atoms with Gasteiger partial charge in [-0.15, -0.1) is 0 Å². The summed E-state index contributed by atoms with van der Waals surface area (Å²) in [5.74, 6) is 2.42. The molecule has 1 aliphatic rings. The highest BCUT2D eigenvalue weighted by Crippen LogP contribution is 2.31. The maximum Gasteiger partial charge on any atom is 0.163 e. The molecule has 7 nitrogen and oxygen atoms in total. The summed E-state index contributed by atoms with van der Waals surface area (Å²) in [5.41, 5.74) is 0.813. The Morgan fingerprint density at radius 3 is 2.96 bits per heavy atom. The van der Waals surface area contributed by atoms with Crippen LogP contribution in [0.5, 0.6) is 11.5 Å². The molecule has 3 aromatic rings. The van der Waals surface area contributed by atoms with E-state index in [1.807, 2.05) is 43.3 Å². The van der Waals surface area contributed by atoms with Crippen molar-refractivity contribution in [1.29, 1.82) is 0 Å². The minimum Gasteiger partial charge on any atom is -0.486 e. The predicted octanol–water partition coefficient (Wildman–Crippen LogP) is 1.64. The van der Waals surface area contributed by atoms with E-state index < -0.39 is 0 Å². The third-order valence-electron chi connectivity index (χ3n) is 3.92. The van der Waals surface area contributed by atoms with Crippen molar-refractivity contribution >= 4 is 16.9 Å². The van der Waals surface area contributed by atoms with Crippen LogP contribution < -0.4 is 14.4 Å². The highest BCUT2D eigenvalue weighted by atomic mass is 16.6. The largest absolute Gasteiger partial charge is 0.486 e. The zero-order valence-electron chi connectivity index (χ0n) is 13.0. The number of likely N-dealkylation sites (N-methyl/N-ethyl adjacent to an activating group) is 1. The Bertz CT molecular complexity index is 847. The van der Waals surface area contributed by atoms with Gasteiger partial charge in [0.15, 0.2) is 23.3 Å². The summed E-state index contributed by atoms with van der Waals surface area (Å²) in [6.45, 7) is 1.18. The molecule has 1 aromatic carbocycles. The molecule has 1 atom stereocenters. The van der Waals surface area contributed by atoms with E-state index in [-0.39, 0.29) is 6.10 Å². The molecule has 2 aromatic heterocycles. The minimum atomic E-state index is -0.0587. The van der Waals surface area contributed by atoms with Crippen molar-refractivity contribution in [3.63, 3.8) is 0 Å². The number of para-hydroxylation sites is 2. The summed E-state index contributed by atoms with van der Waals surface area (Å²) in [4.78, 5) is 10.7. The Kier molecular flexibility index (Phi) is 3.25. The number of hydrogen-bond acceptors (Lipinski definition) is 6. The van der Waals surface area contributed by atoms with E-state index in [2.05, 4.69) is 15.1 Å². The maximum absolute atomic E-state index is 6.01. The number of nitrogens with zero attached hydrogens (tertiary/aromatic N) is 5. The van der Waals surface area contributed by atoms with Crippen LogP contribution in [0.3, 0.4) is 0 Å². The minimum absolute atomic E-state index is 0.0587. The van der Waals surface area contributed by atoms with Gasteiger partial charge in [-0.05, 0) is 12.1 Å². The van der Waals surface area contributed by atoms with Crippen LogP contribution in [-0.4, -0.2) is 46.1 Å². The Morgan fingerprint density at radius 1 is 1.26 bits per heavy atom. The van der Waals surface area contributed by atoms with Crippen molar-refractivity contribution in [1.82, 2.24) is 19.7 Å². The molecule has 0 spiro atoms. The van der Waals surface area contributed by atoms with Crippen molar-refractivity contribution < 1.29 is 9.47 Å². The van der Waals surface area contributed by atoms with E-state index in [0.717, 1.165) is 28.4 Å². The molecular weight excluding hydrogens is 294 g/mol. The third kappa shape index (κ3) is 2.44. The Balaban J connectivity index is 1.55. The molecular formula is C16H17N5O2. The molecule has 118 valence electrons. The standard InChI is InChI=1S/C16H17N5O2/c1-20(15-12-7-19-21(2)16(12)18-10-17-15)8-11-9-22-13-5-3-4-6-14(13)23-11/h3-7,10-11H,8-9H2,1-2H3/t11-/m1/s1. The van der Waals surface area contributed by atoms with Crippen LogP contribution in [0, 0.1) is 0 Å². The van der Waals surface area contributed by atoms with Crippen LogP contribution >= 0.6 is 0 Å². The van der Waals surface area contributed by atoms with E-state index >= 15 is 0 Å². The summed E-state index contributed by atoms with van der Waals surface area (Å²) in [6.07, 6.45) is 3.29. The number of benzene rings is 1. The highest BCUT2D eigenvalue weighted by molar-refractivity contribution is 5.86. The number of ether oxygens (including phenoxy) is 2. The van der Waals surface area contributed by atoms with Gasteiger partial charge in [-0.25, -0.2) is 9.97 Å². The fraction of sp³-hybridized carbons (Fsp3) is 0.312. The van der Waals surface area contributed by atoms with E-state index in [9.17, 15) is 0 Å². The Labute approximate surface area is 133 Å². The van der Waals surface area contributed by atoms with E-state index in [0.29, 0.717) is 13.2 Å². The van der Waals surface area contributed by atoms with Gasteiger partial charge in [-0.2, -0.15) is 5.10 Å². The van der Waals surface area contributed by atoms with Crippen molar-refractivity contribution in [2.45, 2.75) is 6.10 Å². The number of aromatic nitrogens is 4. The quantitative estimate of drug-likeness (QED) is 0.732. The second-order valence-electron chi connectivity index (χ2n) is 5.58. The molecule has 7 heteroatoms. The summed E-state index contributed by atoms with van der Waals surface area (Å²) < 4.78 is 13.5. The van der Waals surface area contributed by atoms with Crippen molar-refractivity contribution in [2.24, 2.45) is 7.05 Å². The average Bonchev–Trinajstić information content (AvgIpc) is 2.96. The molecule has 0 aliphatic carbocycles. The number of anilines is 1. The van der Waals surface area contributed by atoms with Crippen LogP contribution in [0.2, 0.25) is 0 Å². The zero-order valence-corrected chi connectivity index (χ0v) is 13.0. The first-order chi connectivity index (χ1) is 11.2. The van der Waals surface area contributed by atoms with Gasteiger partial charge in [0.05, 0.1) is 18.1 Å². The van der Waals surface area contributed by atoms with Crippen LogP contribution in [0.1, 0.15) is 0 Å². The monoisotopic (exact) mass is 311 g/mol. The molecule has 23 heavy (non-hydrogen) atoms. The SMILES string of the molecule is CN(C[C@@H]1COc2ccccc2O1)c1ncnc2c1cnn2C. The lowest BCUT2D eigenvalue weighted by atomic mass is 10.2. The van der Waals surface area contributed by atoms with Crippen LogP contribution in [0.4, 0.5) is 5.82 Å². The fourth-order valence-electron chi connectivity index (χ4n) is 2.80. The molecule has 0 fully saturated rings. The maximum atomic E-state index is 6.01. The Morgan fingerprint density at radius 2 is 2.09 bits per heavy atom. The number of rotatable bonds is 3. The van der Waals surface area contributed by atoms with Gasteiger partial charge in [0.25, 0.3) is 0 Å². The lowest BCUT2D eigenvalue weighted by Gasteiger charge is -2.30. The van der Waals surface area contributed by atoms with Gasteiger partial charge in [0, 0.05) is 14.1 Å². The second kappa shape index (κ2) is 5.42. The molecule has 0 saturated heterocycles. The average molecular weight is 311 g/mol. The first-order valence-corrected chi connectivity index (χ1v) is 7.44. The molecule has 0 unspecified atom stereocenters. The highest BCUT2D eigenvalue weighted by Gasteiger charge is 2.23. The summed E-state index contributed by atoms with van der Waals surface area (Å²) in [5, 5.41) is 5.17. The van der Waals surface area contributed by atoms with Gasteiger partial charge in [-0.1, -0.05) is 12.1 Å². The van der Waals surface area contributed by atoms with E-state index in [1.165, 1.54) is 0 Å². The molecule has 1 aliphatic heterocycles. The predicted molar refractivity (Wildman–Crippen MR) is 85.9 cm³/mol. The van der Waals surface area contributed by atoms with Crippen molar-refractivity contribution in [2.75, 3.05) is 25.1 Å². The summed E-state index contributed by atoms with van der Waals surface area (Å²) >= 11 is 0. The summed E-state index contributed by atoms with van der Waals surface area (Å²) in [7, 11) is 3.85. The number of aryl methyl sites for hydroxylation is 1.